The number of hydrogen-bond donors (Lipinski definition) is 0. The molecule has 0 saturated heterocycles. The Kier molecular flexibility index (Phi) is 5.87. The Labute approximate surface area is 128 Å². The highest BCUT2D eigenvalue weighted by atomic mass is 16.5. The van der Waals surface area contributed by atoms with E-state index in [4.69, 9.17) is 10.00 Å². The zero-order chi connectivity index (χ0) is 15.1. The monoisotopic (exact) mass is 283 g/mol. The van der Waals surface area contributed by atoms with Gasteiger partial charge < -0.3 is 4.74 Å². The second-order valence-corrected chi connectivity index (χ2v) is 5.97. The van der Waals surface area contributed by atoms with Crippen molar-refractivity contribution < 1.29 is 4.74 Å². The molecule has 0 heterocycles. The molecular formula is C19H25NO. The highest BCUT2D eigenvalue weighted by Crippen LogP contribution is 2.37. The number of allylic oxidation sites excluding steroid dienone is 1. The summed E-state index contributed by atoms with van der Waals surface area (Å²) < 4.78 is 5.78. The van der Waals surface area contributed by atoms with Crippen LogP contribution < -0.4 is 0 Å². The number of rotatable bonds is 5. The smallest absolute Gasteiger partial charge is 0.0991 e. The first-order valence-corrected chi connectivity index (χ1v) is 8.05. The van der Waals surface area contributed by atoms with Crippen molar-refractivity contribution in [2.75, 3.05) is 0 Å². The van der Waals surface area contributed by atoms with Crippen molar-refractivity contribution in [3.63, 3.8) is 0 Å². The second kappa shape index (κ2) is 7.88. The average molecular weight is 283 g/mol. The molecule has 112 valence electrons. The lowest BCUT2D eigenvalue weighted by Gasteiger charge is -2.32. The summed E-state index contributed by atoms with van der Waals surface area (Å²) in [7, 11) is 0. The molecule has 1 saturated carbocycles. The summed E-state index contributed by atoms with van der Waals surface area (Å²) in [5.41, 5.74) is 2.13. The molecule has 0 bridgehead atoms. The highest BCUT2D eigenvalue weighted by molar-refractivity contribution is 5.33. The van der Waals surface area contributed by atoms with Gasteiger partial charge in [-0.25, -0.2) is 0 Å². The van der Waals surface area contributed by atoms with Gasteiger partial charge in [0.25, 0.3) is 0 Å². The van der Waals surface area contributed by atoms with E-state index in [1.165, 1.54) is 31.2 Å². The van der Waals surface area contributed by atoms with Crippen LogP contribution in [0.25, 0.3) is 0 Å². The molecule has 2 rings (SSSR count). The first-order valence-electron chi connectivity index (χ1n) is 8.05. The van der Waals surface area contributed by atoms with Gasteiger partial charge >= 0.3 is 0 Å². The van der Waals surface area contributed by atoms with Crippen molar-refractivity contribution in [3.05, 3.63) is 47.7 Å². The fourth-order valence-electron chi connectivity index (χ4n) is 3.14. The van der Waals surface area contributed by atoms with E-state index in [0.29, 0.717) is 17.9 Å². The van der Waals surface area contributed by atoms with Crippen molar-refractivity contribution in [1.29, 1.82) is 5.26 Å². The zero-order valence-corrected chi connectivity index (χ0v) is 13.1. The van der Waals surface area contributed by atoms with Gasteiger partial charge in [0, 0.05) is 0 Å². The van der Waals surface area contributed by atoms with Crippen LogP contribution in [0.15, 0.2) is 36.6 Å². The highest BCUT2D eigenvalue weighted by Gasteiger charge is 2.26. The van der Waals surface area contributed by atoms with Crippen LogP contribution in [-0.2, 0) is 4.74 Å². The third kappa shape index (κ3) is 4.36. The topological polar surface area (TPSA) is 33.0 Å². The molecule has 1 fully saturated rings. The van der Waals surface area contributed by atoms with E-state index < -0.39 is 0 Å². The van der Waals surface area contributed by atoms with Crippen LogP contribution in [0.5, 0.6) is 0 Å². The van der Waals surface area contributed by atoms with Crippen LogP contribution in [0.1, 0.15) is 63.0 Å². The minimum atomic E-state index is 0.315. The van der Waals surface area contributed by atoms with E-state index in [-0.39, 0.29) is 0 Å². The number of nitrogens with zero attached hydrogens (tertiary/aromatic N) is 1. The predicted molar refractivity (Wildman–Crippen MR) is 85.8 cm³/mol. The molecule has 2 heteroatoms. The Morgan fingerprint density at radius 3 is 2.48 bits per heavy atom. The van der Waals surface area contributed by atoms with E-state index in [2.05, 4.69) is 38.1 Å². The van der Waals surface area contributed by atoms with Gasteiger partial charge in [-0.15, -0.1) is 0 Å². The summed E-state index contributed by atoms with van der Waals surface area (Å²) in [5, 5.41) is 8.85. The summed E-state index contributed by atoms with van der Waals surface area (Å²) in [6.45, 7) is 4.31. The normalized spacial score (nSPS) is 23.7. The van der Waals surface area contributed by atoms with Crippen LogP contribution in [0, 0.1) is 17.2 Å². The van der Waals surface area contributed by atoms with Gasteiger partial charge in [0.1, 0.15) is 0 Å². The standard InChI is InChI=1S/C19H25NO/c1-3-4-13-21-15(2)17-9-11-19(12-10-17)18-7-5-16(14-20)6-8-18/h4-8,13,15,17,19H,3,9-12H2,1-2H3/b13-4+. The third-order valence-electron chi connectivity index (χ3n) is 4.57. The van der Waals surface area contributed by atoms with Crippen LogP contribution in [0.4, 0.5) is 0 Å². The summed E-state index contributed by atoms with van der Waals surface area (Å²) >= 11 is 0. The molecule has 0 amide bonds. The van der Waals surface area contributed by atoms with Gasteiger partial charge in [-0.1, -0.05) is 25.1 Å². The van der Waals surface area contributed by atoms with Crippen LogP contribution in [-0.4, -0.2) is 6.10 Å². The molecule has 1 atom stereocenters. The lowest BCUT2D eigenvalue weighted by molar-refractivity contribution is 0.0775. The SMILES string of the molecule is CC/C=C/OC(C)C1CCC(c2ccc(C#N)cc2)CC1. The fraction of sp³-hybridized carbons (Fsp3) is 0.526. The maximum absolute atomic E-state index is 8.85. The molecule has 0 aromatic heterocycles. The van der Waals surface area contributed by atoms with E-state index in [9.17, 15) is 0 Å². The van der Waals surface area contributed by atoms with Crippen molar-refractivity contribution in [1.82, 2.24) is 0 Å². The summed E-state index contributed by atoms with van der Waals surface area (Å²) in [6.07, 6.45) is 10.2. The molecule has 0 N–H and O–H groups in total. The number of ether oxygens (including phenoxy) is 1. The van der Waals surface area contributed by atoms with Gasteiger partial charge in [-0.3, -0.25) is 0 Å². The molecule has 1 aliphatic carbocycles. The van der Waals surface area contributed by atoms with Gasteiger partial charge in [0.15, 0.2) is 0 Å². The molecule has 0 radical (unpaired) electrons. The molecule has 1 aromatic rings. The zero-order valence-electron chi connectivity index (χ0n) is 13.1. The Hall–Kier alpha value is -1.75. The lowest BCUT2D eigenvalue weighted by atomic mass is 9.77. The quantitative estimate of drug-likeness (QED) is 0.699. The van der Waals surface area contributed by atoms with Gasteiger partial charge in [-0.05, 0) is 68.6 Å². The second-order valence-electron chi connectivity index (χ2n) is 5.97. The number of hydrogen-bond acceptors (Lipinski definition) is 2. The lowest BCUT2D eigenvalue weighted by Crippen LogP contribution is -2.24. The van der Waals surface area contributed by atoms with Crippen molar-refractivity contribution in [3.8, 4) is 6.07 Å². The molecule has 21 heavy (non-hydrogen) atoms. The van der Waals surface area contributed by atoms with E-state index >= 15 is 0 Å². The van der Waals surface area contributed by atoms with Gasteiger partial charge in [0.2, 0.25) is 0 Å². The van der Waals surface area contributed by atoms with Crippen LogP contribution >= 0.6 is 0 Å². The van der Waals surface area contributed by atoms with Crippen molar-refractivity contribution in [2.45, 2.75) is 58.0 Å². The molecule has 1 aliphatic rings. The fourth-order valence-corrected chi connectivity index (χ4v) is 3.14. The first-order chi connectivity index (χ1) is 10.2. The molecule has 1 aromatic carbocycles. The minimum absolute atomic E-state index is 0.315. The van der Waals surface area contributed by atoms with Gasteiger partial charge in [-0.2, -0.15) is 5.26 Å². The third-order valence-corrected chi connectivity index (χ3v) is 4.57. The number of nitriles is 1. The maximum atomic E-state index is 8.85. The Bertz CT molecular complexity index is 489. The average Bonchev–Trinajstić information content (AvgIpc) is 2.55. The Morgan fingerprint density at radius 2 is 1.90 bits per heavy atom. The van der Waals surface area contributed by atoms with Crippen molar-refractivity contribution in [2.24, 2.45) is 5.92 Å². The van der Waals surface area contributed by atoms with Crippen molar-refractivity contribution >= 4 is 0 Å². The Balaban J connectivity index is 1.85. The van der Waals surface area contributed by atoms with E-state index in [1.54, 1.807) is 0 Å². The summed E-state index contributed by atoms with van der Waals surface area (Å²) in [4.78, 5) is 0. The molecule has 1 unspecified atom stereocenters. The predicted octanol–water partition coefficient (Wildman–Crippen LogP) is 5.16. The Morgan fingerprint density at radius 1 is 1.24 bits per heavy atom. The first kappa shape index (κ1) is 15.6. The molecular weight excluding hydrogens is 258 g/mol. The summed E-state index contributed by atoms with van der Waals surface area (Å²) in [6, 6.07) is 10.3. The van der Waals surface area contributed by atoms with E-state index in [1.807, 2.05) is 18.4 Å². The minimum Gasteiger partial charge on any atom is -0.498 e. The van der Waals surface area contributed by atoms with Crippen LogP contribution in [0.3, 0.4) is 0 Å². The largest absolute Gasteiger partial charge is 0.498 e. The molecule has 2 nitrogen and oxygen atoms in total. The maximum Gasteiger partial charge on any atom is 0.0991 e. The summed E-state index contributed by atoms with van der Waals surface area (Å²) in [5.74, 6) is 1.31. The number of benzene rings is 1. The molecule has 0 spiro atoms. The van der Waals surface area contributed by atoms with Gasteiger partial charge in [0.05, 0.1) is 24.0 Å². The van der Waals surface area contributed by atoms with E-state index in [0.717, 1.165) is 12.0 Å². The molecule has 0 aliphatic heterocycles. The van der Waals surface area contributed by atoms with Crippen LogP contribution in [0.2, 0.25) is 0 Å².